The molecule has 0 atom stereocenters. The van der Waals surface area contributed by atoms with Gasteiger partial charge < -0.3 is 5.32 Å². The van der Waals surface area contributed by atoms with Crippen LogP contribution in [0.3, 0.4) is 0 Å². The summed E-state index contributed by atoms with van der Waals surface area (Å²) in [5, 5.41) is 3.37. The highest BCUT2D eigenvalue weighted by Gasteiger charge is 2.34. The summed E-state index contributed by atoms with van der Waals surface area (Å²) in [5.74, 6) is 0.559. The number of nitrogens with one attached hydrogen (secondary N) is 1. The van der Waals surface area contributed by atoms with Gasteiger partial charge in [0, 0.05) is 6.54 Å². The van der Waals surface area contributed by atoms with Gasteiger partial charge in [0.2, 0.25) is 0 Å². The molecule has 4 nitrogen and oxygen atoms in total. The van der Waals surface area contributed by atoms with Crippen LogP contribution in [0.25, 0.3) is 0 Å². The number of nitrogens with zero attached hydrogens (tertiary/aromatic N) is 1. The smallest absolute Gasteiger partial charge is 0.261 e. The monoisotopic (exact) mass is 322 g/mol. The van der Waals surface area contributed by atoms with Crippen molar-refractivity contribution in [2.24, 2.45) is 5.92 Å². The van der Waals surface area contributed by atoms with E-state index in [4.69, 9.17) is 0 Å². The number of piperidine rings is 1. The number of imide groups is 1. The van der Waals surface area contributed by atoms with Crippen LogP contribution in [0.5, 0.6) is 0 Å². The first-order valence-electron chi connectivity index (χ1n) is 7.93. The third-order valence-electron chi connectivity index (χ3n) is 4.58. The van der Waals surface area contributed by atoms with Crippen LogP contribution in [0, 0.1) is 5.92 Å². The van der Waals surface area contributed by atoms with E-state index in [-0.39, 0.29) is 24.2 Å². The normalized spacial score (nSPS) is 18.3. The van der Waals surface area contributed by atoms with Gasteiger partial charge in [0.05, 0.1) is 11.1 Å². The van der Waals surface area contributed by atoms with Crippen molar-refractivity contribution in [1.82, 2.24) is 10.2 Å². The molecule has 0 radical (unpaired) electrons. The molecule has 1 fully saturated rings. The molecule has 1 aromatic carbocycles. The average molecular weight is 323 g/mol. The second kappa shape index (κ2) is 7.75. The van der Waals surface area contributed by atoms with Crippen LogP contribution >= 0.6 is 12.4 Å². The Morgan fingerprint density at radius 2 is 1.59 bits per heavy atom. The predicted molar refractivity (Wildman–Crippen MR) is 88.5 cm³/mol. The lowest BCUT2D eigenvalue weighted by Gasteiger charge is -2.22. The molecule has 0 spiro atoms. The number of amides is 2. The Bertz CT molecular complexity index is 506. The second-order valence-corrected chi connectivity index (χ2v) is 6.00. The van der Waals surface area contributed by atoms with E-state index < -0.39 is 0 Å². The fourth-order valence-electron chi connectivity index (χ4n) is 3.32. The number of fused-ring (bicyclic) bond motifs is 1. The van der Waals surface area contributed by atoms with Gasteiger partial charge in [0.15, 0.2) is 0 Å². The highest BCUT2D eigenvalue weighted by Crippen LogP contribution is 2.24. The molecule has 5 heteroatoms. The number of rotatable bonds is 5. The van der Waals surface area contributed by atoms with Crippen molar-refractivity contribution in [2.45, 2.75) is 32.1 Å². The number of carbonyl (C=O) groups is 2. The van der Waals surface area contributed by atoms with Crippen molar-refractivity contribution in [3.05, 3.63) is 35.4 Å². The molecular formula is C17H23ClN2O2. The Kier molecular flexibility index (Phi) is 5.98. The summed E-state index contributed by atoms with van der Waals surface area (Å²) in [7, 11) is 0. The Hall–Kier alpha value is -1.39. The van der Waals surface area contributed by atoms with Gasteiger partial charge >= 0.3 is 0 Å². The van der Waals surface area contributed by atoms with Crippen LogP contribution in [-0.4, -0.2) is 36.3 Å². The number of hydrogen-bond donors (Lipinski definition) is 1. The van der Waals surface area contributed by atoms with E-state index >= 15 is 0 Å². The molecule has 1 aromatic rings. The lowest BCUT2D eigenvalue weighted by molar-refractivity contribution is 0.0651. The molecule has 2 aliphatic rings. The van der Waals surface area contributed by atoms with E-state index in [1.54, 1.807) is 12.1 Å². The van der Waals surface area contributed by atoms with Crippen molar-refractivity contribution in [1.29, 1.82) is 0 Å². The maximum absolute atomic E-state index is 12.2. The predicted octanol–water partition coefficient (Wildman–Crippen LogP) is 2.87. The highest BCUT2D eigenvalue weighted by molar-refractivity contribution is 6.21. The van der Waals surface area contributed by atoms with Gasteiger partial charge in [-0.2, -0.15) is 0 Å². The molecule has 0 saturated carbocycles. The van der Waals surface area contributed by atoms with Crippen LogP contribution in [0.15, 0.2) is 24.3 Å². The number of carbonyl (C=O) groups excluding carboxylic acids is 2. The van der Waals surface area contributed by atoms with Gasteiger partial charge in [0.25, 0.3) is 11.8 Å². The fourth-order valence-corrected chi connectivity index (χ4v) is 3.32. The Labute approximate surface area is 137 Å². The molecule has 2 heterocycles. The SMILES string of the molecule is Cl.O=C1c2ccccc2C(=O)N1CCCCC1CCNCC1. The van der Waals surface area contributed by atoms with Crippen LogP contribution in [0.1, 0.15) is 52.8 Å². The third-order valence-corrected chi connectivity index (χ3v) is 4.58. The summed E-state index contributed by atoms with van der Waals surface area (Å²) >= 11 is 0. The van der Waals surface area contributed by atoms with E-state index in [0.717, 1.165) is 31.8 Å². The van der Waals surface area contributed by atoms with E-state index in [1.165, 1.54) is 24.2 Å². The fraction of sp³-hybridized carbons (Fsp3) is 0.529. The van der Waals surface area contributed by atoms with Crippen molar-refractivity contribution in [3.63, 3.8) is 0 Å². The Morgan fingerprint density at radius 1 is 1.00 bits per heavy atom. The minimum absolute atomic E-state index is 0. The number of unbranched alkanes of at least 4 members (excludes halogenated alkanes) is 1. The van der Waals surface area contributed by atoms with Crippen molar-refractivity contribution in [2.75, 3.05) is 19.6 Å². The summed E-state index contributed by atoms with van der Waals surface area (Å²) in [5.41, 5.74) is 1.11. The zero-order valence-electron chi connectivity index (χ0n) is 12.7. The summed E-state index contributed by atoms with van der Waals surface area (Å²) < 4.78 is 0. The lowest BCUT2D eigenvalue weighted by Crippen LogP contribution is -2.31. The molecular weight excluding hydrogens is 300 g/mol. The molecule has 1 N–H and O–H groups in total. The summed E-state index contributed by atoms with van der Waals surface area (Å²) in [6, 6.07) is 7.10. The van der Waals surface area contributed by atoms with Gasteiger partial charge in [-0.05, 0) is 50.4 Å². The first-order chi connectivity index (χ1) is 10.3. The van der Waals surface area contributed by atoms with Crippen LogP contribution in [0.2, 0.25) is 0 Å². The molecule has 0 aromatic heterocycles. The zero-order valence-corrected chi connectivity index (χ0v) is 13.5. The van der Waals surface area contributed by atoms with Crippen LogP contribution in [0.4, 0.5) is 0 Å². The lowest BCUT2D eigenvalue weighted by atomic mass is 9.92. The molecule has 0 bridgehead atoms. The third kappa shape index (κ3) is 3.50. The van der Waals surface area contributed by atoms with Gasteiger partial charge in [-0.1, -0.05) is 25.0 Å². The zero-order chi connectivity index (χ0) is 14.7. The first-order valence-corrected chi connectivity index (χ1v) is 7.93. The van der Waals surface area contributed by atoms with Gasteiger partial charge in [-0.15, -0.1) is 12.4 Å². The molecule has 2 aliphatic heterocycles. The number of halogens is 1. The maximum atomic E-state index is 12.2. The molecule has 22 heavy (non-hydrogen) atoms. The van der Waals surface area contributed by atoms with Crippen molar-refractivity contribution in [3.8, 4) is 0 Å². The summed E-state index contributed by atoms with van der Waals surface area (Å²) in [4.78, 5) is 25.8. The van der Waals surface area contributed by atoms with E-state index in [1.807, 2.05) is 12.1 Å². The number of hydrogen-bond acceptors (Lipinski definition) is 3. The van der Waals surface area contributed by atoms with E-state index in [0.29, 0.717) is 17.7 Å². The Morgan fingerprint density at radius 3 is 2.18 bits per heavy atom. The highest BCUT2D eigenvalue weighted by atomic mass is 35.5. The van der Waals surface area contributed by atoms with Gasteiger partial charge in [-0.25, -0.2) is 0 Å². The van der Waals surface area contributed by atoms with E-state index in [2.05, 4.69) is 5.32 Å². The quantitative estimate of drug-likeness (QED) is 0.670. The van der Waals surface area contributed by atoms with Crippen molar-refractivity contribution >= 4 is 24.2 Å². The summed E-state index contributed by atoms with van der Waals surface area (Å²) in [6.07, 6.45) is 5.73. The topological polar surface area (TPSA) is 49.4 Å². The summed E-state index contributed by atoms with van der Waals surface area (Å²) in [6.45, 7) is 2.81. The van der Waals surface area contributed by atoms with E-state index in [9.17, 15) is 9.59 Å². The van der Waals surface area contributed by atoms with Gasteiger partial charge in [0.1, 0.15) is 0 Å². The molecule has 1 saturated heterocycles. The molecule has 120 valence electrons. The van der Waals surface area contributed by atoms with Crippen LogP contribution < -0.4 is 5.32 Å². The molecule has 2 amide bonds. The average Bonchev–Trinajstić information content (AvgIpc) is 2.77. The van der Waals surface area contributed by atoms with Crippen molar-refractivity contribution < 1.29 is 9.59 Å². The molecule has 0 unspecified atom stereocenters. The molecule has 0 aliphatic carbocycles. The second-order valence-electron chi connectivity index (χ2n) is 6.00. The van der Waals surface area contributed by atoms with Crippen LogP contribution in [-0.2, 0) is 0 Å². The first kappa shape index (κ1) is 17.0. The largest absolute Gasteiger partial charge is 0.317 e. The molecule has 3 rings (SSSR count). The van der Waals surface area contributed by atoms with Gasteiger partial charge in [-0.3, -0.25) is 14.5 Å². The maximum Gasteiger partial charge on any atom is 0.261 e. The Balaban J connectivity index is 0.00000176. The number of benzene rings is 1. The minimum atomic E-state index is -0.127. The standard InChI is InChI=1S/C17H22N2O2.ClH/c20-16-14-6-1-2-7-15(14)17(21)19(16)12-4-3-5-13-8-10-18-11-9-13;/h1-2,6-7,13,18H,3-5,8-12H2;1H. The minimum Gasteiger partial charge on any atom is -0.317 e.